The van der Waals surface area contributed by atoms with Crippen molar-refractivity contribution in [2.24, 2.45) is 5.41 Å². The summed E-state index contributed by atoms with van der Waals surface area (Å²) < 4.78 is 45.3. The van der Waals surface area contributed by atoms with Crippen LogP contribution >= 0.6 is 0 Å². The second kappa shape index (κ2) is 13.3. The first-order valence-corrected chi connectivity index (χ1v) is 9.73. The van der Waals surface area contributed by atoms with E-state index in [1.165, 1.54) is 13.8 Å². The molecule has 0 fully saturated rings. The third-order valence-electron chi connectivity index (χ3n) is 3.39. The zero-order valence-corrected chi connectivity index (χ0v) is 16.6. The summed E-state index contributed by atoms with van der Waals surface area (Å²) in [5.74, 6) is -3.20. The SMILES string of the molecule is C=C(C)C(=O)OCC(CCC)(COC(=O)C(=C)C)C(=O)OCCS(=O)(=O)O.[CaH2]. The molecule has 0 unspecified atom stereocenters. The van der Waals surface area contributed by atoms with E-state index in [0.29, 0.717) is 6.42 Å². The van der Waals surface area contributed by atoms with Crippen molar-refractivity contribution in [3.8, 4) is 0 Å². The van der Waals surface area contributed by atoms with E-state index in [-0.39, 0.29) is 55.3 Å². The van der Waals surface area contributed by atoms with E-state index < -0.39 is 59.0 Å². The molecule has 0 saturated carbocycles. The third kappa shape index (κ3) is 11.2. The second-order valence-electron chi connectivity index (χ2n) is 6.17. The van der Waals surface area contributed by atoms with Gasteiger partial charge in [-0.3, -0.25) is 9.35 Å². The Labute approximate surface area is 195 Å². The molecule has 0 aliphatic heterocycles. The van der Waals surface area contributed by atoms with Crippen LogP contribution in [0.4, 0.5) is 0 Å². The molecule has 158 valence electrons. The monoisotopic (exact) mass is 448 g/mol. The first kappa shape index (κ1) is 29.3. The molecule has 0 amide bonds. The van der Waals surface area contributed by atoms with Crippen molar-refractivity contribution in [3.63, 3.8) is 0 Å². The Balaban J connectivity index is 0. The van der Waals surface area contributed by atoms with Crippen LogP contribution in [-0.4, -0.2) is 94.2 Å². The fourth-order valence-electron chi connectivity index (χ4n) is 1.93. The van der Waals surface area contributed by atoms with Gasteiger partial charge in [0.1, 0.15) is 31.0 Å². The van der Waals surface area contributed by atoms with E-state index in [1.807, 2.05) is 0 Å². The van der Waals surface area contributed by atoms with Gasteiger partial charge in [-0.15, -0.1) is 0 Å². The van der Waals surface area contributed by atoms with Crippen LogP contribution in [0.2, 0.25) is 0 Å². The van der Waals surface area contributed by atoms with Gasteiger partial charge in [0.2, 0.25) is 0 Å². The molecule has 0 aromatic heterocycles. The van der Waals surface area contributed by atoms with Gasteiger partial charge >= 0.3 is 55.6 Å². The molecule has 0 atom stereocenters. The molecule has 0 heterocycles. The molecule has 9 nitrogen and oxygen atoms in total. The number of esters is 3. The standard InChI is InChI=1S/C17H26O9S.Ca.2H/c1-6-7-17(10-25-14(18)12(2)3,11-26-15(19)13(4)5)16(20)24-8-9-27(21,22)23;;;/h2,4,6-11H2,1,3,5H3,(H,21,22,23);;;. The maximum absolute atomic E-state index is 12.6. The number of hydrogen-bond acceptors (Lipinski definition) is 8. The van der Waals surface area contributed by atoms with Crippen LogP contribution in [0.15, 0.2) is 24.3 Å². The molecule has 0 aliphatic rings. The van der Waals surface area contributed by atoms with Gasteiger partial charge in [-0.1, -0.05) is 26.5 Å². The normalized spacial score (nSPS) is 11.0. The number of ether oxygens (including phenoxy) is 3. The Bertz CT molecular complexity index is 667. The van der Waals surface area contributed by atoms with Gasteiger partial charge in [-0.05, 0) is 20.3 Å². The fraction of sp³-hybridized carbons (Fsp3) is 0.588. The molecule has 0 rings (SSSR count). The molecule has 0 spiro atoms. The van der Waals surface area contributed by atoms with Crippen LogP contribution in [0.1, 0.15) is 33.6 Å². The predicted molar refractivity (Wildman–Crippen MR) is 105 cm³/mol. The average molecular weight is 449 g/mol. The summed E-state index contributed by atoms with van der Waals surface area (Å²) in [4.78, 5) is 36.0. The van der Waals surface area contributed by atoms with Crippen molar-refractivity contribution in [3.05, 3.63) is 24.3 Å². The van der Waals surface area contributed by atoms with Crippen molar-refractivity contribution in [1.82, 2.24) is 0 Å². The molecular formula is C17H28CaO9S. The molecule has 28 heavy (non-hydrogen) atoms. The summed E-state index contributed by atoms with van der Waals surface area (Å²) in [6, 6.07) is 0. The van der Waals surface area contributed by atoms with E-state index in [2.05, 4.69) is 13.2 Å². The van der Waals surface area contributed by atoms with Gasteiger partial charge in [0.15, 0.2) is 0 Å². The minimum absolute atomic E-state index is 0. The van der Waals surface area contributed by atoms with E-state index in [9.17, 15) is 22.8 Å². The summed E-state index contributed by atoms with van der Waals surface area (Å²) in [6.45, 7) is 9.96. The average Bonchev–Trinajstić information content (AvgIpc) is 2.55. The van der Waals surface area contributed by atoms with Crippen LogP contribution < -0.4 is 0 Å². The second-order valence-corrected chi connectivity index (χ2v) is 7.74. The summed E-state index contributed by atoms with van der Waals surface area (Å²) in [6.07, 6.45) is 0.577. The molecule has 0 bridgehead atoms. The maximum atomic E-state index is 12.6. The summed E-state index contributed by atoms with van der Waals surface area (Å²) in [5, 5.41) is 0. The quantitative estimate of drug-likeness (QED) is 0.149. The number of hydrogen-bond donors (Lipinski definition) is 1. The van der Waals surface area contributed by atoms with Crippen molar-refractivity contribution in [2.45, 2.75) is 33.6 Å². The van der Waals surface area contributed by atoms with Gasteiger partial charge in [-0.25, -0.2) is 9.59 Å². The predicted octanol–water partition coefficient (Wildman–Crippen LogP) is 0.526. The number of carbonyl (C=O) groups excluding carboxylic acids is 3. The van der Waals surface area contributed by atoms with Crippen molar-refractivity contribution in [2.75, 3.05) is 25.6 Å². The van der Waals surface area contributed by atoms with Crippen molar-refractivity contribution >= 4 is 65.8 Å². The number of rotatable bonds is 12. The zero-order valence-electron chi connectivity index (χ0n) is 15.8. The van der Waals surface area contributed by atoms with Gasteiger partial charge in [0, 0.05) is 11.1 Å². The topological polar surface area (TPSA) is 133 Å². The van der Waals surface area contributed by atoms with Gasteiger partial charge in [0.05, 0.1) is 0 Å². The van der Waals surface area contributed by atoms with Gasteiger partial charge < -0.3 is 14.2 Å². The van der Waals surface area contributed by atoms with Gasteiger partial charge in [-0.2, -0.15) is 8.42 Å². The van der Waals surface area contributed by atoms with Crippen LogP contribution in [0, 0.1) is 5.41 Å². The van der Waals surface area contributed by atoms with Crippen molar-refractivity contribution in [1.29, 1.82) is 0 Å². The Morgan fingerprint density at radius 1 is 0.964 bits per heavy atom. The number of carbonyl (C=O) groups is 3. The molecule has 0 radical (unpaired) electrons. The zero-order chi connectivity index (χ0) is 21.3. The van der Waals surface area contributed by atoms with E-state index in [1.54, 1.807) is 6.92 Å². The molecule has 0 aromatic rings. The molecule has 11 heteroatoms. The molecule has 0 aliphatic carbocycles. The Morgan fingerprint density at radius 2 is 1.39 bits per heavy atom. The third-order valence-corrected chi connectivity index (χ3v) is 4.07. The summed E-state index contributed by atoms with van der Waals surface area (Å²) in [5.41, 5.74) is -1.32. The van der Waals surface area contributed by atoms with Gasteiger partial charge in [0.25, 0.3) is 10.1 Å². The van der Waals surface area contributed by atoms with Crippen LogP contribution in [0.25, 0.3) is 0 Å². The van der Waals surface area contributed by atoms with E-state index in [0.717, 1.165) is 0 Å². The molecule has 1 N–H and O–H groups in total. The fourth-order valence-corrected chi connectivity index (χ4v) is 2.22. The Morgan fingerprint density at radius 3 is 1.71 bits per heavy atom. The minimum atomic E-state index is -4.32. The van der Waals surface area contributed by atoms with E-state index >= 15 is 0 Å². The first-order chi connectivity index (χ1) is 12.3. The van der Waals surface area contributed by atoms with Crippen LogP contribution in [0.5, 0.6) is 0 Å². The first-order valence-electron chi connectivity index (χ1n) is 8.12. The Hall–Kier alpha value is -0.940. The van der Waals surface area contributed by atoms with Crippen LogP contribution in [-0.2, 0) is 38.7 Å². The summed E-state index contributed by atoms with van der Waals surface area (Å²) in [7, 11) is -4.32. The van der Waals surface area contributed by atoms with Crippen molar-refractivity contribution < 1.29 is 41.6 Å². The van der Waals surface area contributed by atoms with Crippen LogP contribution in [0.3, 0.4) is 0 Å². The summed E-state index contributed by atoms with van der Waals surface area (Å²) >= 11 is 0. The molecule has 0 aromatic carbocycles. The van der Waals surface area contributed by atoms with E-state index in [4.69, 9.17) is 18.8 Å². The Kier molecular flexibility index (Phi) is 13.9. The molecule has 0 saturated heterocycles. The molecular weight excluding hydrogens is 420 g/mol.